The Morgan fingerprint density at radius 2 is 2.20 bits per heavy atom. The van der Waals surface area contributed by atoms with Crippen molar-refractivity contribution in [2.24, 2.45) is 0 Å². The summed E-state index contributed by atoms with van der Waals surface area (Å²) in [5.41, 5.74) is 2.95. The van der Waals surface area contributed by atoms with E-state index in [2.05, 4.69) is 27.3 Å². The number of nitrogens with zero attached hydrogens (tertiary/aromatic N) is 3. The van der Waals surface area contributed by atoms with E-state index in [1.807, 2.05) is 30.3 Å². The molecule has 0 bridgehead atoms. The molecule has 162 valence electrons. The van der Waals surface area contributed by atoms with Gasteiger partial charge in [-0.05, 0) is 30.2 Å². The maximum atomic E-state index is 12.9. The molecule has 2 N–H and O–H groups in total. The minimum Gasteiger partial charge on any atom is -0.497 e. The van der Waals surface area contributed by atoms with Crippen molar-refractivity contribution in [1.29, 1.82) is 0 Å². The lowest BCUT2D eigenvalue weighted by Crippen LogP contribution is -2.56. The zero-order valence-electron chi connectivity index (χ0n) is 18.0. The zero-order chi connectivity index (χ0) is 21.5. The number of methoxy groups -OCH3 is 1. The minimum absolute atomic E-state index is 0.0701. The van der Waals surface area contributed by atoms with Crippen LogP contribution in [0.2, 0.25) is 0 Å². The summed E-state index contributed by atoms with van der Waals surface area (Å²) in [4.78, 5) is 29.1. The highest BCUT2D eigenvalue weighted by Gasteiger charge is 2.32. The largest absolute Gasteiger partial charge is 0.497 e. The van der Waals surface area contributed by atoms with Crippen molar-refractivity contribution in [3.8, 4) is 5.75 Å². The zero-order valence-corrected chi connectivity index (χ0v) is 18.0. The molecule has 1 atom stereocenters. The van der Waals surface area contributed by atoms with Gasteiger partial charge in [0.15, 0.2) is 0 Å². The number of H-pyrrole nitrogens is 1. The molecule has 0 spiro atoms. The first-order chi connectivity index (χ1) is 14.5. The van der Waals surface area contributed by atoms with Crippen LogP contribution in [0.3, 0.4) is 0 Å². The monoisotopic (exact) mass is 413 g/mol. The Balaban J connectivity index is 1.63. The van der Waals surface area contributed by atoms with E-state index in [0.717, 1.165) is 35.5 Å². The van der Waals surface area contributed by atoms with Crippen LogP contribution in [-0.4, -0.2) is 65.1 Å². The van der Waals surface area contributed by atoms with Crippen LogP contribution in [0.1, 0.15) is 36.7 Å². The van der Waals surface area contributed by atoms with Crippen LogP contribution in [0.5, 0.6) is 5.75 Å². The third kappa shape index (κ3) is 5.60. The number of ether oxygens (including phenoxy) is 1. The Morgan fingerprint density at radius 3 is 2.97 bits per heavy atom. The fourth-order valence-corrected chi connectivity index (χ4v) is 3.72. The molecule has 8 heteroatoms. The average Bonchev–Trinajstić information content (AvgIpc) is 3.17. The highest BCUT2D eigenvalue weighted by Crippen LogP contribution is 2.19. The summed E-state index contributed by atoms with van der Waals surface area (Å²) < 4.78 is 5.29. The Labute approximate surface area is 177 Å². The average molecular weight is 414 g/mol. The number of nitrogens with one attached hydrogen (secondary N) is 2. The molecule has 8 nitrogen and oxygen atoms in total. The maximum absolute atomic E-state index is 12.9. The smallest absolute Gasteiger partial charge is 0.237 e. The first-order valence-corrected chi connectivity index (χ1v) is 10.4. The van der Waals surface area contributed by atoms with Crippen molar-refractivity contribution in [2.75, 3.05) is 27.2 Å². The van der Waals surface area contributed by atoms with Gasteiger partial charge in [0.1, 0.15) is 5.75 Å². The second-order valence-corrected chi connectivity index (χ2v) is 7.72. The van der Waals surface area contributed by atoms with Gasteiger partial charge in [-0.3, -0.25) is 19.6 Å². The van der Waals surface area contributed by atoms with E-state index >= 15 is 0 Å². The Morgan fingerprint density at radius 1 is 1.37 bits per heavy atom. The number of hydrogen-bond acceptors (Lipinski definition) is 5. The van der Waals surface area contributed by atoms with Crippen LogP contribution in [0.4, 0.5) is 0 Å². The quantitative estimate of drug-likeness (QED) is 0.653. The number of amides is 2. The first kappa shape index (κ1) is 21.8. The summed E-state index contributed by atoms with van der Waals surface area (Å²) in [5, 5.41) is 10.2. The number of hydrogen-bond donors (Lipinski definition) is 2. The predicted octanol–water partition coefficient (Wildman–Crippen LogP) is 1.72. The van der Waals surface area contributed by atoms with Crippen molar-refractivity contribution in [3.63, 3.8) is 0 Å². The van der Waals surface area contributed by atoms with Gasteiger partial charge in [0.25, 0.3) is 0 Å². The van der Waals surface area contributed by atoms with Crippen molar-refractivity contribution in [2.45, 2.75) is 45.3 Å². The number of aromatic nitrogens is 2. The number of benzene rings is 1. The predicted molar refractivity (Wildman–Crippen MR) is 114 cm³/mol. The van der Waals surface area contributed by atoms with E-state index < -0.39 is 6.04 Å². The SMILES string of the molecule is CCCc1cc(CN(C)C(=O)CC2C(=O)NCCN2Cc2cccc(OC)c2)[nH]n1. The Bertz CT molecular complexity index is 866. The lowest BCUT2D eigenvalue weighted by atomic mass is 10.1. The molecule has 1 aliphatic heterocycles. The van der Waals surface area contributed by atoms with Gasteiger partial charge < -0.3 is 15.0 Å². The molecule has 2 heterocycles. The summed E-state index contributed by atoms with van der Waals surface area (Å²) in [6.07, 6.45) is 2.08. The fourth-order valence-electron chi connectivity index (χ4n) is 3.72. The first-order valence-electron chi connectivity index (χ1n) is 10.4. The lowest BCUT2D eigenvalue weighted by Gasteiger charge is -2.35. The summed E-state index contributed by atoms with van der Waals surface area (Å²) in [6, 6.07) is 9.30. The van der Waals surface area contributed by atoms with Crippen LogP contribution in [0.25, 0.3) is 0 Å². The molecule has 1 unspecified atom stereocenters. The number of carbonyl (C=O) groups is 2. The van der Waals surface area contributed by atoms with Crippen LogP contribution < -0.4 is 10.1 Å². The van der Waals surface area contributed by atoms with E-state index in [9.17, 15) is 9.59 Å². The van der Waals surface area contributed by atoms with Crippen molar-refractivity contribution < 1.29 is 14.3 Å². The van der Waals surface area contributed by atoms with Gasteiger partial charge in [-0.2, -0.15) is 5.10 Å². The second kappa shape index (κ2) is 10.2. The van der Waals surface area contributed by atoms with Gasteiger partial charge in [0.2, 0.25) is 11.8 Å². The topological polar surface area (TPSA) is 90.6 Å². The van der Waals surface area contributed by atoms with E-state index in [0.29, 0.717) is 26.2 Å². The molecule has 0 aliphatic carbocycles. The highest BCUT2D eigenvalue weighted by molar-refractivity contribution is 5.88. The van der Waals surface area contributed by atoms with Crippen LogP contribution in [0, 0.1) is 0 Å². The third-order valence-electron chi connectivity index (χ3n) is 5.35. The summed E-state index contributed by atoms with van der Waals surface area (Å²) >= 11 is 0. The molecular weight excluding hydrogens is 382 g/mol. The van der Waals surface area contributed by atoms with E-state index in [1.165, 1.54) is 0 Å². The third-order valence-corrected chi connectivity index (χ3v) is 5.35. The van der Waals surface area contributed by atoms with E-state index in [1.54, 1.807) is 19.1 Å². The van der Waals surface area contributed by atoms with Crippen LogP contribution >= 0.6 is 0 Å². The van der Waals surface area contributed by atoms with Crippen molar-refractivity contribution >= 4 is 11.8 Å². The second-order valence-electron chi connectivity index (χ2n) is 7.72. The molecule has 1 saturated heterocycles. The molecule has 1 aromatic heterocycles. The van der Waals surface area contributed by atoms with Gasteiger partial charge in [0.05, 0.1) is 37.5 Å². The van der Waals surface area contributed by atoms with Crippen LogP contribution in [0.15, 0.2) is 30.3 Å². The van der Waals surface area contributed by atoms with Gasteiger partial charge >= 0.3 is 0 Å². The highest BCUT2D eigenvalue weighted by atomic mass is 16.5. The minimum atomic E-state index is -0.489. The van der Waals surface area contributed by atoms with E-state index in [4.69, 9.17) is 4.74 Å². The summed E-state index contributed by atoms with van der Waals surface area (Å²) in [6.45, 7) is 4.42. The van der Waals surface area contributed by atoms with Gasteiger partial charge in [0, 0.05) is 26.7 Å². The van der Waals surface area contributed by atoms with Crippen molar-refractivity contribution in [1.82, 2.24) is 25.3 Å². The number of aryl methyl sites for hydroxylation is 1. The molecule has 1 aromatic carbocycles. The molecule has 0 saturated carbocycles. The maximum Gasteiger partial charge on any atom is 0.237 e. The van der Waals surface area contributed by atoms with Crippen LogP contribution in [-0.2, 0) is 29.1 Å². The molecular formula is C22H31N5O3. The molecule has 1 aliphatic rings. The van der Waals surface area contributed by atoms with Crippen molar-refractivity contribution in [3.05, 3.63) is 47.3 Å². The molecule has 2 amide bonds. The lowest BCUT2D eigenvalue weighted by molar-refractivity contribution is -0.138. The van der Waals surface area contributed by atoms with Gasteiger partial charge in [-0.1, -0.05) is 25.5 Å². The molecule has 0 radical (unpaired) electrons. The Hall–Kier alpha value is -2.87. The van der Waals surface area contributed by atoms with Gasteiger partial charge in [-0.25, -0.2) is 0 Å². The summed E-state index contributed by atoms with van der Waals surface area (Å²) in [7, 11) is 3.39. The molecule has 2 aromatic rings. The number of piperazine rings is 1. The standard InChI is InChI=1S/C22H31N5O3/c1-4-6-17-12-18(25-24-17)15-26(2)21(28)13-20-22(29)23-9-10-27(20)14-16-7-5-8-19(11-16)30-3/h5,7-8,11-12,20H,4,6,9-10,13-15H2,1-3H3,(H,23,29)(H,24,25). The summed E-state index contributed by atoms with van der Waals surface area (Å²) in [5.74, 6) is 0.611. The molecule has 30 heavy (non-hydrogen) atoms. The number of carbonyl (C=O) groups excluding carboxylic acids is 2. The fraction of sp³-hybridized carbons (Fsp3) is 0.500. The Kier molecular flexibility index (Phi) is 7.46. The molecule has 1 fully saturated rings. The van der Waals surface area contributed by atoms with E-state index in [-0.39, 0.29) is 18.2 Å². The number of aromatic amines is 1. The van der Waals surface area contributed by atoms with Gasteiger partial charge in [-0.15, -0.1) is 0 Å². The molecule has 3 rings (SSSR count). The normalized spacial score (nSPS) is 16.9. The number of rotatable bonds is 9.